The second-order valence-corrected chi connectivity index (χ2v) is 6.12. The van der Waals surface area contributed by atoms with Gasteiger partial charge in [0.1, 0.15) is 0 Å². The van der Waals surface area contributed by atoms with Gasteiger partial charge in [-0.2, -0.15) is 5.10 Å². The number of hydrogen-bond donors (Lipinski definition) is 1. The van der Waals surface area contributed by atoms with E-state index in [0.717, 1.165) is 23.3 Å². The van der Waals surface area contributed by atoms with Crippen molar-refractivity contribution in [2.45, 2.75) is 31.8 Å². The van der Waals surface area contributed by atoms with Crippen LogP contribution in [-0.4, -0.2) is 40.5 Å². The van der Waals surface area contributed by atoms with E-state index in [-0.39, 0.29) is 0 Å². The van der Waals surface area contributed by atoms with Gasteiger partial charge in [-0.3, -0.25) is 9.67 Å². The molecule has 0 saturated heterocycles. The fraction of sp³-hybridized carbons (Fsp3) is 0.692. The summed E-state index contributed by atoms with van der Waals surface area (Å²) in [6.07, 6.45) is 7.79. The fourth-order valence-corrected chi connectivity index (χ4v) is 3.84. The van der Waals surface area contributed by atoms with Crippen LogP contribution in [0.5, 0.6) is 0 Å². The number of rotatable bonds is 4. The van der Waals surface area contributed by atoms with E-state index in [2.05, 4.69) is 10.4 Å². The summed E-state index contributed by atoms with van der Waals surface area (Å²) in [6.45, 7) is 1.46. The van der Waals surface area contributed by atoms with Crippen LogP contribution in [0, 0.1) is 5.92 Å². The Kier molecular flexibility index (Phi) is 4.08. The van der Waals surface area contributed by atoms with Crippen LogP contribution in [0.3, 0.4) is 0 Å². The molecule has 1 aromatic heterocycles. The minimum atomic E-state index is 0.548. The Balaban J connectivity index is 1.60. The molecule has 2 aliphatic rings. The number of amidine groups is 1. The zero-order valence-corrected chi connectivity index (χ0v) is 12.0. The first-order valence-corrected chi connectivity index (χ1v) is 7.83. The second-order valence-electron chi connectivity index (χ2n) is 5.11. The fourth-order valence-electron chi connectivity index (χ4n) is 2.68. The molecule has 0 radical (unpaired) electrons. The molecule has 1 saturated carbocycles. The van der Waals surface area contributed by atoms with E-state index in [9.17, 15) is 0 Å². The van der Waals surface area contributed by atoms with Gasteiger partial charge in [-0.25, -0.2) is 0 Å². The molecule has 1 fully saturated rings. The van der Waals surface area contributed by atoms with E-state index < -0.39 is 0 Å². The summed E-state index contributed by atoms with van der Waals surface area (Å²) in [5, 5.41) is 8.73. The van der Waals surface area contributed by atoms with Gasteiger partial charge in [-0.1, -0.05) is 18.2 Å². The number of aromatic nitrogens is 2. The van der Waals surface area contributed by atoms with Crippen LogP contribution in [0.25, 0.3) is 0 Å². The molecule has 104 valence electrons. The van der Waals surface area contributed by atoms with Crippen LogP contribution in [-0.2, 0) is 11.3 Å². The number of methoxy groups -OCH3 is 1. The molecule has 1 aliphatic carbocycles. The third kappa shape index (κ3) is 3.12. The monoisotopic (exact) mass is 280 g/mol. The van der Waals surface area contributed by atoms with E-state index in [1.165, 1.54) is 25.0 Å². The zero-order valence-electron chi connectivity index (χ0n) is 11.2. The molecule has 0 aromatic carbocycles. The highest BCUT2D eigenvalue weighted by molar-refractivity contribution is 8.14. The van der Waals surface area contributed by atoms with Crippen molar-refractivity contribution in [3.05, 3.63) is 12.4 Å². The highest BCUT2D eigenvalue weighted by Gasteiger charge is 2.30. The molecule has 1 N–H and O–H groups in total. The van der Waals surface area contributed by atoms with Crippen molar-refractivity contribution in [3.8, 4) is 0 Å². The van der Waals surface area contributed by atoms with Gasteiger partial charge in [0, 0.05) is 19.1 Å². The van der Waals surface area contributed by atoms with Gasteiger partial charge < -0.3 is 10.1 Å². The van der Waals surface area contributed by atoms with Crippen molar-refractivity contribution in [2.24, 2.45) is 10.9 Å². The van der Waals surface area contributed by atoms with Crippen LogP contribution in [0.4, 0.5) is 5.69 Å². The van der Waals surface area contributed by atoms with E-state index >= 15 is 0 Å². The minimum absolute atomic E-state index is 0.548. The number of anilines is 1. The lowest BCUT2D eigenvalue weighted by Crippen LogP contribution is -2.25. The van der Waals surface area contributed by atoms with Crippen molar-refractivity contribution in [1.29, 1.82) is 0 Å². The van der Waals surface area contributed by atoms with Crippen LogP contribution in [0.1, 0.15) is 19.3 Å². The number of fused-ring (bicyclic) bond motifs is 1. The van der Waals surface area contributed by atoms with Crippen LogP contribution in [0.15, 0.2) is 17.4 Å². The van der Waals surface area contributed by atoms with E-state index in [1.54, 1.807) is 7.11 Å². The second kappa shape index (κ2) is 5.96. The van der Waals surface area contributed by atoms with Crippen LogP contribution >= 0.6 is 11.8 Å². The molecule has 1 aliphatic heterocycles. The predicted octanol–water partition coefficient (Wildman–Crippen LogP) is 2.21. The standard InChI is InChI=1S/C13H20N4OS/c1-18-6-5-17-8-11(7-14-17)15-13-16-12-4-2-3-10(12)9-19-13/h7-8,10,12H,2-6,9H2,1H3,(H,15,16). The molecule has 2 heterocycles. The molecule has 2 atom stereocenters. The summed E-state index contributed by atoms with van der Waals surface area (Å²) in [4.78, 5) is 4.82. The largest absolute Gasteiger partial charge is 0.383 e. The Morgan fingerprint density at radius 2 is 2.47 bits per heavy atom. The van der Waals surface area contributed by atoms with Crippen LogP contribution < -0.4 is 5.32 Å². The zero-order chi connectivity index (χ0) is 13.1. The van der Waals surface area contributed by atoms with Gasteiger partial charge in [-0.15, -0.1) is 0 Å². The maximum atomic E-state index is 5.04. The molecule has 6 heteroatoms. The summed E-state index contributed by atoms with van der Waals surface area (Å²) < 4.78 is 6.93. The van der Waals surface area contributed by atoms with Crippen molar-refractivity contribution in [2.75, 3.05) is 24.8 Å². The average molecular weight is 280 g/mol. The lowest BCUT2D eigenvalue weighted by Gasteiger charge is -2.23. The minimum Gasteiger partial charge on any atom is -0.383 e. The number of thioether (sulfide) groups is 1. The van der Waals surface area contributed by atoms with E-state index in [1.807, 2.05) is 28.8 Å². The van der Waals surface area contributed by atoms with Crippen molar-refractivity contribution in [1.82, 2.24) is 9.78 Å². The van der Waals surface area contributed by atoms with Gasteiger partial charge in [0.15, 0.2) is 5.17 Å². The Bertz CT molecular complexity index is 459. The number of hydrogen-bond acceptors (Lipinski definition) is 5. The topological polar surface area (TPSA) is 51.4 Å². The van der Waals surface area contributed by atoms with Gasteiger partial charge in [0.2, 0.25) is 0 Å². The van der Waals surface area contributed by atoms with E-state index in [4.69, 9.17) is 9.73 Å². The Hall–Kier alpha value is -1.01. The number of nitrogens with one attached hydrogen (secondary N) is 1. The van der Waals surface area contributed by atoms with Crippen LogP contribution in [0.2, 0.25) is 0 Å². The molecular weight excluding hydrogens is 260 g/mol. The molecule has 0 spiro atoms. The lowest BCUT2D eigenvalue weighted by molar-refractivity contribution is 0.183. The molecule has 0 amide bonds. The summed E-state index contributed by atoms with van der Waals surface area (Å²) in [5.41, 5.74) is 1.01. The van der Waals surface area contributed by atoms with Gasteiger partial charge in [0.25, 0.3) is 0 Å². The van der Waals surface area contributed by atoms with Crippen molar-refractivity contribution < 1.29 is 4.74 Å². The van der Waals surface area contributed by atoms with Crippen molar-refractivity contribution in [3.63, 3.8) is 0 Å². The molecule has 0 bridgehead atoms. The first kappa shape index (κ1) is 13.0. The summed E-state index contributed by atoms with van der Waals surface area (Å²) in [5.74, 6) is 2.01. The normalized spacial score (nSPS) is 26.1. The SMILES string of the molecule is COCCn1cc(NC2=NC3CCCC3CS2)cn1. The smallest absolute Gasteiger partial charge is 0.161 e. The Morgan fingerprint density at radius 1 is 1.53 bits per heavy atom. The summed E-state index contributed by atoms with van der Waals surface area (Å²) in [7, 11) is 1.70. The predicted molar refractivity (Wildman–Crippen MR) is 78.7 cm³/mol. The van der Waals surface area contributed by atoms with Crippen molar-refractivity contribution >= 4 is 22.6 Å². The molecule has 5 nitrogen and oxygen atoms in total. The first-order valence-electron chi connectivity index (χ1n) is 6.84. The number of nitrogens with zero attached hydrogens (tertiary/aromatic N) is 3. The quantitative estimate of drug-likeness (QED) is 0.919. The number of aliphatic imine (C=N–C) groups is 1. The van der Waals surface area contributed by atoms with E-state index in [0.29, 0.717) is 12.6 Å². The maximum absolute atomic E-state index is 5.04. The molecule has 3 rings (SSSR count). The highest BCUT2D eigenvalue weighted by atomic mass is 32.2. The number of ether oxygens (including phenoxy) is 1. The third-order valence-electron chi connectivity index (χ3n) is 3.75. The Morgan fingerprint density at radius 3 is 3.37 bits per heavy atom. The highest BCUT2D eigenvalue weighted by Crippen LogP contribution is 2.35. The maximum Gasteiger partial charge on any atom is 0.161 e. The lowest BCUT2D eigenvalue weighted by atomic mass is 10.1. The summed E-state index contributed by atoms with van der Waals surface area (Å²) in [6, 6.07) is 0.548. The van der Waals surface area contributed by atoms with Gasteiger partial charge in [0.05, 0.1) is 31.1 Å². The average Bonchev–Trinajstić information content (AvgIpc) is 3.05. The molecule has 2 unspecified atom stereocenters. The first-order chi connectivity index (χ1) is 9.35. The third-order valence-corrected chi connectivity index (χ3v) is 4.82. The summed E-state index contributed by atoms with van der Waals surface area (Å²) >= 11 is 1.84. The molecule has 19 heavy (non-hydrogen) atoms. The van der Waals surface area contributed by atoms with Gasteiger partial charge in [-0.05, 0) is 18.8 Å². The molecular formula is C13H20N4OS. The Labute approximate surface area is 117 Å². The molecule has 1 aromatic rings. The van der Waals surface area contributed by atoms with Gasteiger partial charge >= 0.3 is 0 Å².